The van der Waals surface area contributed by atoms with E-state index in [-0.39, 0.29) is 18.3 Å². The highest BCUT2D eigenvalue weighted by Crippen LogP contribution is 2.35. The number of nitrogens with zero attached hydrogens (tertiary/aromatic N) is 2. The first-order valence-corrected chi connectivity index (χ1v) is 15.5. The molecule has 0 spiro atoms. The van der Waals surface area contributed by atoms with Gasteiger partial charge in [0.15, 0.2) is 16.6 Å². The summed E-state index contributed by atoms with van der Waals surface area (Å²) < 4.78 is 26.5. The van der Waals surface area contributed by atoms with Gasteiger partial charge in [0.05, 0.1) is 22.1 Å². The van der Waals surface area contributed by atoms with Crippen LogP contribution < -0.4 is 20.2 Å². The van der Waals surface area contributed by atoms with E-state index in [4.69, 9.17) is 21.1 Å². The fourth-order valence-electron chi connectivity index (χ4n) is 3.97. The molecule has 0 saturated heterocycles. The zero-order valence-electron chi connectivity index (χ0n) is 22.8. The summed E-state index contributed by atoms with van der Waals surface area (Å²) in [5, 5.41) is 10.8. The van der Waals surface area contributed by atoms with Gasteiger partial charge in [0, 0.05) is 32.8 Å². The minimum atomic E-state index is -0.351. The molecule has 4 aromatic carbocycles. The van der Waals surface area contributed by atoms with Crippen LogP contribution in [-0.2, 0) is 6.61 Å². The molecule has 218 valence electrons. The van der Waals surface area contributed by atoms with Gasteiger partial charge in [-0.2, -0.15) is 5.10 Å². The molecule has 11 heteroatoms. The summed E-state index contributed by atoms with van der Waals surface area (Å²) in [5.74, 6) is 0.336. The molecule has 5 aromatic rings. The third-order valence-electron chi connectivity index (χ3n) is 6.08. The molecule has 2 N–H and O–H groups in total. The fraction of sp³-hybridized carbons (Fsp3) is 0.0938. The first kappa shape index (κ1) is 30.5. The van der Waals surface area contributed by atoms with Crippen LogP contribution in [0.2, 0.25) is 5.02 Å². The van der Waals surface area contributed by atoms with Gasteiger partial charge in [0.1, 0.15) is 12.4 Å². The molecule has 1 heterocycles. The molecular formula is C32H25ClFIN4O3S. The van der Waals surface area contributed by atoms with Gasteiger partial charge in [-0.15, -0.1) is 11.3 Å². The third-order valence-corrected chi connectivity index (χ3v) is 7.89. The molecule has 1 aromatic heterocycles. The number of amides is 1. The standard InChI is InChI=1S/C32H25ClFIN4O3S/c1-2-41-29-16-20(15-27(35)30(29)42-18-23-5-3-4-6-26(23)34)17-36-39-31(40)22-9-7-21(8-10-22)28-19-43-32(38-28)37-25-13-11-24(33)12-14-25/h3-17,19H,2,18H2,1H3,(H,37,38)(H,39,40)/b36-17-. The maximum atomic E-state index is 14.0. The van der Waals surface area contributed by atoms with E-state index < -0.39 is 0 Å². The number of anilines is 2. The van der Waals surface area contributed by atoms with Gasteiger partial charge in [-0.3, -0.25) is 4.79 Å². The number of rotatable bonds is 11. The van der Waals surface area contributed by atoms with Crippen LogP contribution in [-0.4, -0.2) is 23.7 Å². The summed E-state index contributed by atoms with van der Waals surface area (Å²) in [6, 6.07) is 24.6. The van der Waals surface area contributed by atoms with Crippen LogP contribution in [0.1, 0.15) is 28.4 Å². The van der Waals surface area contributed by atoms with Crippen molar-refractivity contribution >= 4 is 68.5 Å². The monoisotopic (exact) mass is 726 g/mol. The highest BCUT2D eigenvalue weighted by Gasteiger charge is 2.14. The second-order valence-electron chi connectivity index (χ2n) is 9.09. The average Bonchev–Trinajstić information content (AvgIpc) is 3.47. The number of aromatic nitrogens is 1. The molecule has 43 heavy (non-hydrogen) atoms. The topological polar surface area (TPSA) is 84.8 Å². The summed E-state index contributed by atoms with van der Waals surface area (Å²) in [6.45, 7) is 2.35. The van der Waals surface area contributed by atoms with E-state index in [9.17, 15) is 9.18 Å². The lowest BCUT2D eigenvalue weighted by atomic mass is 10.1. The van der Waals surface area contributed by atoms with Crippen LogP contribution in [0.15, 0.2) is 95.4 Å². The Balaban J connectivity index is 1.20. The number of halogens is 3. The molecule has 0 saturated carbocycles. The fourth-order valence-corrected chi connectivity index (χ4v) is 5.62. The number of nitrogens with one attached hydrogen (secondary N) is 2. The van der Waals surface area contributed by atoms with E-state index in [1.54, 1.807) is 36.4 Å². The van der Waals surface area contributed by atoms with E-state index >= 15 is 0 Å². The number of ether oxygens (including phenoxy) is 2. The van der Waals surface area contributed by atoms with Crippen molar-refractivity contribution in [1.82, 2.24) is 10.4 Å². The van der Waals surface area contributed by atoms with Crippen LogP contribution in [0, 0.1) is 9.39 Å². The largest absolute Gasteiger partial charge is 0.490 e. The first-order chi connectivity index (χ1) is 20.9. The molecular weight excluding hydrogens is 702 g/mol. The van der Waals surface area contributed by atoms with Crippen LogP contribution >= 0.6 is 45.5 Å². The molecule has 0 aliphatic carbocycles. The molecule has 0 atom stereocenters. The molecule has 5 rings (SSSR count). The second-order valence-corrected chi connectivity index (χ2v) is 11.5. The summed E-state index contributed by atoms with van der Waals surface area (Å²) >= 11 is 9.57. The predicted molar refractivity (Wildman–Crippen MR) is 178 cm³/mol. The van der Waals surface area contributed by atoms with E-state index in [2.05, 4.69) is 43.4 Å². The minimum Gasteiger partial charge on any atom is -0.490 e. The number of carbonyl (C=O) groups excluding carboxylic acids is 1. The van der Waals surface area contributed by atoms with Gasteiger partial charge in [0.2, 0.25) is 0 Å². The highest BCUT2D eigenvalue weighted by atomic mass is 127. The van der Waals surface area contributed by atoms with E-state index in [1.807, 2.05) is 54.8 Å². The van der Waals surface area contributed by atoms with E-state index in [1.165, 1.54) is 23.6 Å². The number of thiazole rings is 1. The molecule has 0 fully saturated rings. The van der Waals surface area contributed by atoms with Gasteiger partial charge in [-0.05, 0) is 89.7 Å². The van der Waals surface area contributed by atoms with E-state index in [0.717, 1.165) is 25.6 Å². The SMILES string of the molecule is CCOc1cc(/C=N\NC(=O)c2ccc(-c3csc(Nc4ccc(Cl)cc4)n3)cc2)cc(I)c1OCc1ccccc1F. The first-order valence-electron chi connectivity index (χ1n) is 13.1. The van der Waals surface area contributed by atoms with Crippen molar-refractivity contribution in [3.63, 3.8) is 0 Å². The maximum absolute atomic E-state index is 14.0. The molecule has 0 aliphatic heterocycles. The molecule has 0 aliphatic rings. The van der Waals surface area contributed by atoms with Crippen molar-refractivity contribution in [3.8, 4) is 22.8 Å². The predicted octanol–water partition coefficient (Wildman–Crippen LogP) is 8.69. The van der Waals surface area contributed by atoms with Gasteiger partial charge in [0.25, 0.3) is 5.91 Å². The number of hydrogen-bond acceptors (Lipinski definition) is 7. The Morgan fingerprint density at radius 2 is 1.84 bits per heavy atom. The Bertz CT molecular complexity index is 1750. The van der Waals surface area contributed by atoms with Crippen LogP contribution in [0.4, 0.5) is 15.2 Å². The van der Waals surface area contributed by atoms with Crippen molar-refractivity contribution in [1.29, 1.82) is 0 Å². The van der Waals surface area contributed by atoms with Crippen molar-refractivity contribution in [2.24, 2.45) is 5.10 Å². The molecule has 7 nitrogen and oxygen atoms in total. The second kappa shape index (κ2) is 14.5. The lowest BCUT2D eigenvalue weighted by Gasteiger charge is -2.15. The van der Waals surface area contributed by atoms with Crippen molar-refractivity contribution in [2.75, 3.05) is 11.9 Å². The Hall–Kier alpha value is -4.00. The Morgan fingerprint density at radius 1 is 1.07 bits per heavy atom. The maximum Gasteiger partial charge on any atom is 0.271 e. The Morgan fingerprint density at radius 3 is 2.58 bits per heavy atom. The van der Waals surface area contributed by atoms with Gasteiger partial charge in [-0.1, -0.05) is 41.9 Å². The van der Waals surface area contributed by atoms with Crippen LogP contribution in [0.5, 0.6) is 11.5 Å². The Kier molecular flexibility index (Phi) is 10.2. The van der Waals surface area contributed by atoms with Gasteiger partial charge >= 0.3 is 0 Å². The average molecular weight is 727 g/mol. The smallest absolute Gasteiger partial charge is 0.271 e. The zero-order valence-corrected chi connectivity index (χ0v) is 26.5. The number of hydrogen-bond donors (Lipinski definition) is 2. The van der Waals surface area contributed by atoms with Gasteiger partial charge < -0.3 is 14.8 Å². The third kappa shape index (κ3) is 8.09. The quantitative estimate of drug-likeness (QED) is 0.0809. The Labute approximate surface area is 270 Å². The summed E-state index contributed by atoms with van der Waals surface area (Å²) in [6.07, 6.45) is 1.53. The minimum absolute atomic E-state index is 0.0644. The summed E-state index contributed by atoms with van der Waals surface area (Å²) in [5.41, 5.74) is 6.75. The highest BCUT2D eigenvalue weighted by molar-refractivity contribution is 14.1. The lowest BCUT2D eigenvalue weighted by molar-refractivity contribution is 0.0955. The van der Waals surface area contributed by atoms with Crippen molar-refractivity contribution < 1.29 is 18.7 Å². The van der Waals surface area contributed by atoms with Crippen LogP contribution in [0.25, 0.3) is 11.3 Å². The van der Waals surface area contributed by atoms with Crippen molar-refractivity contribution in [2.45, 2.75) is 13.5 Å². The number of benzene rings is 4. The summed E-state index contributed by atoms with van der Waals surface area (Å²) in [4.78, 5) is 17.4. The molecule has 0 unspecified atom stereocenters. The van der Waals surface area contributed by atoms with Crippen molar-refractivity contribution in [3.05, 3.63) is 121 Å². The normalized spacial score (nSPS) is 11.0. The number of carbonyl (C=O) groups is 1. The summed E-state index contributed by atoms with van der Waals surface area (Å²) in [7, 11) is 0. The lowest BCUT2D eigenvalue weighted by Crippen LogP contribution is -2.17. The van der Waals surface area contributed by atoms with Gasteiger partial charge in [-0.25, -0.2) is 14.8 Å². The molecule has 0 radical (unpaired) electrons. The molecule has 0 bridgehead atoms. The van der Waals surface area contributed by atoms with Crippen LogP contribution in [0.3, 0.4) is 0 Å². The number of hydrazone groups is 1. The zero-order chi connectivity index (χ0) is 30.2. The van der Waals surface area contributed by atoms with E-state index in [0.29, 0.717) is 39.8 Å². The molecule has 1 amide bonds.